The van der Waals surface area contributed by atoms with Gasteiger partial charge in [-0.15, -0.1) is 0 Å². The Labute approximate surface area is 182 Å². The molecule has 0 radical (unpaired) electrons. The summed E-state index contributed by atoms with van der Waals surface area (Å²) in [6.45, 7) is 2.69. The predicted molar refractivity (Wildman–Crippen MR) is 113 cm³/mol. The summed E-state index contributed by atoms with van der Waals surface area (Å²) in [7, 11) is 0. The molecule has 1 aromatic heterocycles. The summed E-state index contributed by atoms with van der Waals surface area (Å²) in [5, 5.41) is 60.6. The zero-order valence-corrected chi connectivity index (χ0v) is 17.4. The van der Waals surface area contributed by atoms with E-state index < -0.39 is 48.3 Å². The maximum Gasteiger partial charge on any atom is 0.197 e. The van der Waals surface area contributed by atoms with Crippen molar-refractivity contribution in [1.82, 2.24) is 0 Å². The highest BCUT2D eigenvalue weighted by atomic mass is 16.5. The highest BCUT2D eigenvalue weighted by molar-refractivity contribution is 5.90. The Kier molecular flexibility index (Phi) is 5.70. The van der Waals surface area contributed by atoms with E-state index in [1.54, 1.807) is 26.0 Å². The number of rotatable bonds is 3. The van der Waals surface area contributed by atoms with E-state index in [2.05, 4.69) is 0 Å². The Balaban J connectivity index is 1.91. The highest BCUT2D eigenvalue weighted by Crippen LogP contribution is 2.43. The first-order chi connectivity index (χ1) is 15.1. The first-order valence-electron chi connectivity index (χ1n) is 10.1. The van der Waals surface area contributed by atoms with Gasteiger partial charge in [0.15, 0.2) is 5.43 Å². The van der Waals surface area contributed by atoms with Crippen LogP contribution in [0.25, 0.3) is 22.3 Å². The monoisotopic (exact) mass is 444 g/mol. The number of phenols is 2. The SMILES string of the molecule is Cc1c(C2OC(CO)C(O)C(O)C2O)c(O)c2c(=O)cc(-c3ccc(O)cc3)oc2c1C. The second kappa shape index (κ2) is 8.19. The van der Waals surface area contributed by atoms with Crippen molar-refractivity contribution in [3.63, 3.8) is 0 Å². The van der Waals surface area contributed by atoms with Crippen LogP contribution in [-0.2, 0) is 4.74 Å². The van der Waals surface area contributed by atoms with Gasteiger partial charge in [0.25, 0.3) is 0 Å². The lowest BCUT2D eigenvalue weighted by Crippen LogP contribution is -2.55. The summed E-state index contributed by atoms with van der Waals surface area (Å²) in [4.78, 5) is 13.0. The fourth-order valence-corrected chi connectivity index (χ4v) is 4.12. The van der Waals surface area contributed by atoms with Crippen LogP contribution in [0.1, 0.15) is 22.8 Å². The molecule has 2 aromatic carbocycles. The van der Waals surface area contributed by atoms with E-state index in [-0.39, 0.29) is 28.0 Å². The van der Waals surface area contributed by atoms with Crippen LogP contribution >= 0.6 is 0 Å². The molecular weight excluding hydrogens is 420 g/mol. The van der Waals surface area contributed by atoms with Gasteiger partial charge in [-0.25, -0.2) is 0 Å². The average molecular weight is 444 g/mol. The summed E-state index contributed by atoms with van der Waals surface area (Å²) in [5.74, 6) is -0.172. The predicted octanol–water partition coefficient (Wildman–Crippen LogP) is 1.00. The van der Waals surface area contributed by atoms with E-state index in [1.165, 1.54) is 18.2 Å². The molecule has 1 aliphatic rings. The lowest BCUT2D eigenvalue weighted by Gasteiger charge is -2.41. The molecule has 2 heterocycles. The summed E-state index contributed by atoms with van der Waals surface area (Å²) in [6, 6.07) is 7.29. The number of hydrogen-bond donors (Lipinski definition) is 6. The molecule has 1 aliphatic heterocycles. The molecule has 1 fully saturated rings. The van der Waals surface area contributed by atoms with Crippen LogP contribution in [0, 0.1) is 13.8 Å². The zero-order valence-electron chi connectivity index (χ0n) is 17.4. The molecule has 9 heteroatoms. The van der Waals surface area contributed by atoms with Gasteiger partial charge in [-0.3, -0.25) is 4.79 Å². The number of phenolic OH excluding ortho intramolecular Hbond substituents is 2. The third kappa shape index (κ3) is 3.44. The molecule has 0 amide bonds. The maximum absolute atomic E-state index is 13.0. The van der Waals surface area contributed by atoms with Gasteiger partial charge in [-0.1, -0.05) is 0 Å². The second-order valence-electron chi connectivity index (χ2n) is 7.99. The molecule has 170 valence electrons. The molecule has 32 heavy (non-hydrogen) atoms. The summed E-state index contributed by atoms with van der Waals surface area (Å²) >= 11 is 0. The molecule has 0 bridgehead atoms. The summed E-state index contributed by atoms with van der Waals surface area (Å²) in [5.41, 5.74) is 1.17. The van der Waals surface area contributed by atoms with Crippen LogP contribution in [-0.4, -0.2) is 61.7 Å². The van der Waals surface area contributed by atoms with Gasteiger partial charge in [0.1, 0.15) is 58.7 Å². The Morgan fingerprint density at radius 1 is 0.938 bits per heavy atom. The number of aliphatic hydroxyl groups is 4. The summed E-state index contributed by atoms with van der Waals surface area (Å²) < 4.78 is 11.5. The van der Waals surface area contributed by atoms with Crippen LogP contribution in [0.2, 0.25) is 0 Å². The molecular formula is C23H24O9. The summed E-state index contributed by atoms with van der Waals surface area (Å²) in [6.07, 6.45) is -7.26. The normalized spacial score (nSPS) is 25.9. The fraction of sp³-hybridized carbons (Fsp3) is 0.348. The number of aryl methyl sites for hydroxylation is 1. The van der Waals surface area contributed by atoms with Crippen molar-refractivity contribution < 1.29 is 39.8 Å². The number of aliphatic hydroxyl groups excluding tert-OH is 4. The van der Waals surface area contributed by atoms with Gasteiger partial charge in [0.2, 0.25) is 0 Å². The van der Waals surface area contributed by atoms with E-state index >= 15 is 0 Å². The molecule has 0 aliphatic carbocycles. The van der Waals surface area contributed by atoms with Gasteiger partial charge in [-0.2, -0.15) is 0 Å². The van der Waals surface area contributed by atoms with Crippen molar-refractivity contribution in [2.45, 2.75) is 44.4 Å². The highest BCUT2D eigenvalue weighted by Gasteiger charge is 2.45. The number of hydrogen-bond acceptors (Lipinski definition) is 9. The minimum Gasteiger partial charge on any atom is -0.508 e. The van der Waals surface area contributed by atoms with Crippen molar-refractivity contribution >= 4 is 11.0 Å². The molecule has 3 aromatic rings. The number of fused-ring (bicyclic) bond motifs is 1. The van der Waals surface area contributed by atoms with E-state index in [0.29, 0.717) is 16.7 Å². The van der Waals surface area contributed by atoms with Crippen LogP contribution in [0.4, 0.5) is 0 Å². The van der Waals surface area contributed by atoms with Crippen molar-refractivity contribution in [3.8, 4) is 22.8 Å². The van der Waals surface area contributed by atoms with Gasteiger partial charge < -0.3 is 39.8 Å². The third-order valence-corrected chi connectivity index (χ3v) is 6.08. The Morgan fingerprint density at radius 2 is 1.59 bits per heavy atom. The number of aromatic hydroxyl groups is 2. The van der Waals surface area contributed by atoms with Crippen molar-refractivity contribution in [2.24, 2.45) is 0 Å². The lowest BCUT2D eigenvalue weighted by molar-refractivity contribution is -0.232. The standard InChI is InChI=1S/C23H24O9/c1-9-10(2)22-17(13(26)7-14(31-22)11-3-5-12(25)6-4-11)19(28)16(9)23-21(30)20(29)18(27)15(8-24)32-23/h3-7,15,18,20-21,23-25,27-30H,8H2,1-2H3. The van der Waals surface area contributed by atoms with Crippen LogP contribution in [0.3, 0.4) is 0 Å². The molecule has 5 atom stereocenters. The molecule has 6 N–H and O–H groups in total. The fourth-order valence-electron chi connectivity index (χ4n) is 4.12. The molecule has 9 nitrogen and oxygen atoms in total. The molecule has 1 saturated heterocycles. The smallest absolute Gasteiger partial charge is 0.197 e. The topological polar surface area (TPSA) is 161 Å². The Morgan fingerprint density at radius 3 is 2.22 bits per heavy atom. The zero-order chi connectivity index (χ0) is 23.3. The molecule has 0 spiro atoms. The maximum atomic E-state index is 13.0. The van der Waals surface area contributed by atoms with E-state index in [1.807, 2.05) is 0 Å². The minimum absolute atomic E-state index is 0.0609. The quantitative estimate of drug-likeness (QED) is 0.346. The number of benzene rings is 2. The Bertz CT molecular complexity index is 1210. The van der Waals surface area contributed by atoms with Crippen molar-refractivity contribution in [2.75, 3.05) is 6.61 Å². The van der Waals surface area contributed by atoms with E-state index in [9.17, 15) is 35.4 Å². The molecule has 5 unspecified atom stereocenters. The second-order valence-corrected chi connectivity index (χ2v) is 7.99. The first kappa shape index (κ1) is 22.3. The number of ether oxygens (including phenoxy) is 1. The Hall–Kier alpha value is -2.95. The van der Waals surface area contributed by atoms with Crippen molar-refractivity contribution in [1.29, 1.82) is 0 Å². The largest absolute Gasteiger partial charge is 0.508 e. The van der Waals surface area contributed by atoms with Crippen molar-refractivity contribution in [3.05, 3.63) is 57.2 Å². The van der Waals surface area contributed by atoms with Gasteiger partial charge in [0.05, 0.1) is 6.61 Å². The van der Waals surface area contributed by atoms with Gasteiger partial charge in [-0.05, 0) is 49.2 Å². The minimum atomic E-state index is -1.63. The first-order valence-corrected chi connectivity index (χ1v) is 10.1. The van der Waals surface area contributed by atoms with Crippen LogP contribution in [0.15, 0.2) is 39.5 Å². The van der Waals surface area contributed by atoms with E-state index in [0.717, 1.165) is 0 Å². The van der Waals surface area contributed by atoms with Crippen LogP contribution in [0.5, 0.6) is 11.5 Å². The molecule has 0 saturated carbocycles. The average Bonchev–Trinajstić information content (AvgIpc) is 2.77. The van der Waals surface area contributed by atoms with E-state index in [4.69, 9.17) is 9.15 Å². The van der Waals surface area contributed by atoms with Gasteiger partial charge in [0, 0.05) is 17.2 Å². The van der Waals surface area contributed by atoms with Crippen LogP contribution < -0.4 is 5.43 Å². The van der Waals surface area contributed by atoms with Gasteiger partial charge >= 0.3 is 0 Å². The lowest BCUT2D eigenvalue weighted by atomic mass is 9.86. The third-order valence-electron chi connectivity index (χ3n) is 6.08. The molecule has 4 rings (SSSR count).